The lowest BCUT2D eigenvalue weighted by Crippen LogP contribution is -2.01. The highest BCUT2D eigenvalue weighted by molar-refractivity contribution is 5.44. The molecule has 1 rings (SSSR count). The fraction of sp³-hybridized carbons (Fsp3) is 0.500. The molecule has 0 fully saturated rings. The Balaban J connectivity index is 2.41. The van der Waals surface area contributed by atoms with Crippen LogP contribution in [0.3, 0.4) is 0 Å². The summed E-state index contributed by atoms with van der Waals surface area (Å²) in [5.41, 5.74) is 7.60. The Morgan fingerprint density at radius 3 is 3.00 bits per heavy atom. The molecule has 0 aromatic carbocycles. The number of aryl methyl sites for hydroxylation is 1. The van der Waals surface area contributed by atoms with Crippen molar-refractivity contribution in [3.8, 4) is 0 Å². The van der Waals surface area contributed by atoms with Gasteiger partial charge in [-0.25, -0.2) is 0 Å². The number of nitrogens with zero attached hydrogens (tertiary/aromatic N) is 1. The van der Waals surface area contributed by atoms with Gasteiger partial charge >= 0.3 is 0 Å². The molecule has 1 heterocycles. The fourth-order valence-corrected chi connectivity index (χ4v) is 1.23. The van der Waals surface area contributed by atoms with Crippen LogP contribution in [0.15, 0.2) is 18.5 Å². The molecular weight excluding hydrogens is 164 g/mol. The molecule has 0 amide bonds. The first-order valence-corrected chi connectivity index (χ1v) is 4.56. The van der Waals surface area contributed by atoms with Gasteiger partial charge in [0.2, 0.25) is 0 Å². The molecule has 0 radical (unpaired) electrons. The molecule has 72 valence electrons. The summed E-state index contributed by atoms with van der Waals surface area (Å²) in [5, 5.41) is 9.05. The molecule has 3 N–H and O–H groups in total. The monoisotopic (exact) mass is 180 g/mol. The van der Waals surface area contributed by atoms with E-state index in [0.29, 0.717) is 0 Å². The third kappa shape index (κ3) is 3.42. The van der Waals surface area contributed by atoms with Gasteiger partial charge in [-0.05, 0) is 37.8 Å². The van der Waals surface area contributed by atoms with Crippen LogP contribution in [-0.4, -0.2) is 16.2 Å². The Morgan fingerprint density at radius 2 is 2.38 bits per heavy atom. The number of rotatable bonds is 4. The van der Waals surface area contributed by atoms with Crippen LogP contribution in [0.4, 0.5) is 5.69 Å². The maximum absolute atomic E-state index is 9.05. The minimum atomic E-state index is -0.224. The lowest BCUT2D eigenvalue weighted by molar-refractivity contribution is 0.182. The minimum Gasteiger partial charge on any atom is -0.398 e. The van der Waals surface area contributed by atoms with Crippen molar-refractivity contribution in [1.82, 2.24) is 4.98 Å². The molecule has 3 nitrogen and oxygen atoms in total. The highest BCUT2D eigenvalue weighted by Gasteiger charge is 2.00. The van der Waals surface area contributed by atoms with Crippen molar-refractivity contribution in [3.63, 3.8) is 0 Å². The van der Waals surface area contributed by atoms with Crippen molar-refractivity contribution in [2.75, 3.05) is 5.73 Å². The van der Waals surface area contributed by atoms with E-state index in [1.807, 2.05) is 0 Å². The van der Waals surface area contributed by atoms with Crippen LogP contribution in [0.5, 0.6) is 0 Å². The predicted octanol–water partition coefficient (Wildman–Crippen LogP) is 1.37. The Bertz CT molecular complexity index is 261. The summed E-state index contributed by atoms with van der Waals surface area (Å²) in [4.78, 5) is 4.00. The van der Waals surface area contributed by atoms with Gasteiger partial charge in [0, 0.05) is 18.1 Å². The molecule has 0 spiro atoms. The van der Waals surface area contributed by atoms with E-state index in [2.05, 4.69) is 4.98 Å². The largest absolute Gasteiger partial charge is 0.398 e. The molecule has 0 aliphatic carbocycles. The predicted molar refractivity (Wildman–Crippen MR) is 53.3 cm³/mol. The second kappa shape index (κ2) is 4.82. The van der Waals surface area contributed by atoms with Crippen LogP contribution >= 0.6 is 0 Å². The van der Waals surface area contributed by atoms with Crippen LogP contribution in [0.2, 0.25) is 0 Å². The molecule has 1 unspecified atom stereocenters. The van der Waals surface area contributed by atoms with E-state index in [0.717, 1.165) is 30.5 Å². The van der Waals surface area contributed by atoms with Gasteiger partial charge in [-0.2, -0.15) is 0 Å². The molecule has 13 heavy (non-hydrogen) atoms. The van der Waals surface area contributed by atoms with Crippen LogP contribution in [0.25, 0.3) is 0 Å². The first kappa shape index (κ1) is 9.99. The van der Waals surface area contributed by atoms with E-state index < -0.39 is 0 Å². The molecular formula is C10H16N2O. The SMILES string of the molecule is CC(O)CCCc1cnccc1N. The normalized spacial score (nSPS) is 12.8. The number of hydrogen-bond donors (Lipinski definition) is 2. The number of hydrogen-bond acceptors (Lipinski definition) is 3. The lowest BCUT2D eigenvalue weighted by Gasteiger charge is -2.05. The van der Waals surface area contributed by atoms with Crippen LogP contribution in [0, 0.1) is 0 Å². The van der Waals surface area contributed by atoms with Crippen LogP contribution in [-0.2, 0) is 6.42 Å². The van der Waals surface area contributed by atoms with Crippen molar-refractivity contribution in [3.05, 3.63) is 24.0 Å². The number of aliphatic hydroxyl groups excluding tert-OH is 1. The van der Waals surface area contributed by atoms with Crippen LogP contribution in [0.1, 0.15) is 25.3 Å². The maximum Gasteiger partial charge on any atom is 0.0512 e. The van der Waals surface area contributed by atoms with E-state index in [4.69, 9.17) is 10.8 Å². The van der Waals surface area contributed by atoms with E-state index in [1.54, 1.807) is 25.4 Å². The topological polar surface area (TPSA) is 59.1 Å². The first-order valence-electron chi connectivity index (χ1n) is 4.56. The second-order valence-electron chi connectivity index (χ2n) is 3.32. The summed E-state index contributed by atoms with van der Waals surface area (Å²) in [7, 11) is 0. The van der Waals surface area contributed by atoms with Crippen molar-refractivity contribution in [1.29, 1.82) is 0 Å². The highest BCUT2D eigenvalue weighted by Crippen LogP contribution is 2.12. The van der Waals surface area contributed by atoms with Gasteiger partial charge in [0.25, 0.3) is 0 Å². The highest BCUT2D eigenvalue weighted by atomic mass is 16.3. The average molecular weight is 180 g/mol. The molecule has 1 aromatic rings. The van der Waals surface area contributed by atoms with Crippen LogP contribution < -0.4 is 5.73 Å². The number of aliphatic hydroxyl groups is 1. The third-order valence-electron chi connectivity index (χ3n) is 2.01. The van der Waals surface area contributed by atoms with Gasteiger partial charge in [0.15, 0.2) is 0 Å². The van der Waals surface area contributed by atoms with Gasteiger partial charge in [-0.3, -0.25) is 4.98 Å². The number of aromatic nitrogens is 1. The Labute approximate surface area is 78.6 Å². The molecule has 0 saturated heterocycles. The smallest absolute Gasteiger partial charge is 0.0512 e. The summed E-state index contributed by atoms with van der Waals surface area (Å²) in [6.07, 6.45) is 5.91. The lowest BCUT2D eigenvalue weighted by atomic mass is 10.1. The number of anilines is 1. The van der Waals surface area contributed by atoms with Crippen molar-refractivity contribution in [2.24, 2.45) is 0 Å². The molecule has 0 saturated carbocycles. The Kier molecular flexibility index (Phi) is 3.71. The van der Waals surface area contributed by atoms with Crippen molar-refractivity contribution in [2.45, 2.75) is 32.3 Å². The molecule has 1 aromatic heterocycles. The van der Waals surface area contributed by atoms with E-state index in [9.17, 15) is 0 Å². The zero-order valence-corrected chi connectivity index (χ0v) is 7.90. The second-order valence-corrected chi connectivity index (χ2v) is 3.32. The average Bonchev–Trinajstić information content (AvgIpc) is 2.08. The van der Waals surface area contributed by atoms with E-state index in [1.165, 1.54) is 0 Å². The summed E-state index contributed by atoms with van der Waals surface area (Å²) in [6, 6.07) is 1.80. The van der Waals surface area contributed by atoms with Gasteiger partial charge in [-0.1, -0.05) is 0 Å². The van der Waals surface area contributed by atoms with Crippen molar-refractivity contribution < 1.29 is 5.11 Å². The summed E-state index contributed by atoms with van der Waals surface area (Å²) < 4.78 is 0. The molecule has 0 aliphatic rings. The zero-order valence-electron chi connectivity index (χ0n) is 7.90. The summed E-state index contributed by atoms with van der Waals surface area (Å²) in [5.74, 6) is 0. The fourth-order valence-electron chi connectivity index (χ4n) is 1.23. The van der Waals surface area contributed by atoms with E-state index >= 15 is 0 Å². The molecule has 1 atom stereocenters. The molecule has 3 heteroatoms. The Hall–Kier alpha value is -1.09. The maximum atomic E-state index is 9.05. The summed E-state index contributed by atoms with van der Waals surface area (Å²) in [6.45, 7) is 1.80. The number of nitrogens with two attached hydrogens (primary N) is 1. The summed E-state index contributed by atoms with van der Waals surface area (Å²) >= 11 is 0. The minimum absolute atomic E-state index is 0.224. The standard InChI is InChI=1S/C10H16N2O/c1-8(13)3-2-4-9-7-12-6-5-10(9)11/h5-8,13H,2-4H2,1H3,(H2,11,12). The Morgan fingerprint density at radius 1 is 1.62 bits per heavy atom. The quantitative estimate of drug-likeness (QED) is 0.735. The van der Waals surface area contributed by atoms with E-state index in [-0.39, 0.29) is 6.10 Å². The molecule has 0 bridgehead atoms. The molecule has 0 aliphatic heterocycles. The van der Waals surface area contributed by atoms with Crippen molar-refractivity contribution >= 4 is 5.69 Å². The van der Waals surface area contributed by atoms with Gasteiger partial charge in [0.05, 0.1) is 6.10 Å². The van der Waals surface area contributed by atoms with Gasteiger partial charge < -0.3 is 10.8 Å². The van der Waals surface area contributed by atoms with Gasteiger partial charge in [-0.15, -0.1) is 0 Å². The number of pyridine rings is 1. The third-order valence-corrected chi connectivity index (χ3v) is 2.01. The first-order chi connectivity index (χ1) is 6.20. The number of nitrogen functional groups attached to an aromatic ring is 1. The zero-order chi connectivity index (χ0) is 9.68. The van der Waals surface area contributed by atoms with Gasteiger partial charge in [0.1, 0.15) is 0 Å².